The third-order valence-corrected chi connectivity index (χ3v) is 10.3. The number of carbonyl (C=O) groups is 1. The van der Waals surface area contributed by atoms with Crippen molar-refractivity contribution in [1.29, 1.82) is 0 Å². The Labute approximate surface area is 321 Å². The zero-order valence-electron chi connectivity index (χ0n) is 34.5. The second-order valence-corrected chi connectivity index (χ2v) is 17.1. The van der Waals surface area contributed by atoms with Crippen LogP contribution in [0.3, 0.4) is 0 Å². The van der Waals surface area contributed by atoms with Crippen molar-refractivity contribution in [1.82, 2.24) is 5.32 Å². The van der Waals surface area contributed by atoms with Crippen molar-refractivity contribution in [3.05, 3.63) is 36.5 Å². The Morgan fingerprint density at radius 1 is 0.654 bits per heavy atom. The molecule has 0 aliphatic rings. The Hall–Kier alpha value is -1.28. The van der Waals surface area contributed by atoms with Crippen LogP contribution in [-0.4, -0.2) is 68.5 Å². The van der Waals surface area contributed by atoms with Gasteiger partial charge < -0.3 is 28.8 Å². The minimum absolute atomic E-state index is 0.00816. The van der Waals surface area contributed by atoms with Crippen LogP contribution in [0.5, 0.6) is 0 Å². The van der Waals surface area contributed by atoms with Crippen LogP contribution in [0.4, 0.5) is 0 Å². The van der Waals surface area contributed by atoms with Gasteiger partial charge in [-0.25, -0.2) is 0 Å². The molecule has 3 unspecified atom stereocenters. The summed E-state index contributed by atoms with van der Waals surface area (Å²) in [4.78, 5) is 25.2. The summed E-state index contributed by atoms with van der Waals surface area (Å²) in [5.41, 5.74) is 0. The molecule has 0 heterocycles. The normalized spacial score (nSPS) is 14.8. The number of carbonyl (C=O) groups excluding carboxylic acids is 1. The van der Waals surface area contributed by atoms with Crippen molar-refractivity contribution >= 4 is 13.7 Å². The molecule has 9 heteroatoms. The summed E-state index contributed by atoms with van der Waals surface area (Å²) in [6.45, 7) is 4.59. The summed E-state index contributed by atoms with van der Waals surface area (Å²) < 4.78 is 23.1. The smallest absolute Gasteiger partial charge is 0.268 e. The Balaban J connectivity index is 4.51. The van der Waals surface area contributed by atoms with Gasteiger partial charge in [0.25, 0.3) is 7.82 Å². The number of rotatable bonds is 38. The topological polar surface area (TPSA) is 108 Å². The number of quaternary nitrogens is 1. The van der Waals surface area contributed by atoms with Crippen LogP contribution in [0.15, 0.2) is 36.5 Å². The van der Waals surface area contributed by atoms with Crippen LogP contribution >= 0.6 is 7.82 Å². The van der Waals surface area contributed by atoms with E-state index in [4.69, 9.17) is 9.05 Å². The fourth-order valence-corrected chi connectivity index (χ4v) is 6.61. The number of unbranched alkanes of at least 4 members (excludes halogenated alkanes) is 21. The zero-order valence-corrected chi connectivity index (χ0v) is 35.4. The van der Waals surface area contributed by atoms with Crippen molar-refractivity contribution in [2.45, 2.75) is 193 Å². The highest BCUT2D eigenvalue weighted by Gasteiger charge is 2.23. The Morgan fingerprint density at radius 2 is 1.08 bits per heavy atom. The fourth-order valence-electron chi connectivity index (χ4n) is 5.89. The molecule has 1 amide bonds. The summed E-state index contributed by atoms with van der Waals surface area (Å²) in [6.07, 6.45) is 41.9. The van der Waals surface area contributed by atoms with E-state index in [2.05, 4.69) is 43.5 Å². The minimum Gasteiger partial charge on any atom is -0.756 e. The van der Waals surface area contributed by atoms with Gasteiger partial charge in [0.05, 0.1) is 39.9 Å². The second kappa shape index (κ2) is 35.4. The average molecular weight is 755 g/mol. The third kappa shape index (κ3) is 37.1. The number of phosphoric acid groups is 1. The van der Waals surface area contributed by atoms with Gasteiger partial charge in [0.15, 0.2) is 0 Å². The molecule has 306 valence electrons. The van der Waals surface area contributed by atoms with Crippen LogP contribution in [0, 0.1) is 0 Å². The molecular formula is C43H83N2O6P. The summed E-state index contributed by atoms with van der Waals surface area (Å²) in [6, 6.07) is -0.904. The maximum atomic E-state index is 12.8. The molecule has 0 saturated heterocycles. The van der Waals surface area contributed by atoms with Gasteiger partial charge >= 0.3 is 0 Å². The molecule has 0 fully saturated rings. The van der Waals surface area contributed by atoms with E-state index in [-0.39, 0.29) is 12.5 Å². The van der Waals surface area contributed by atoms with Crippen molar-refractivity contribution in [2.24, 2.45) is 0 Å². The first-order valence-corrected chi connectivity index (χ1v) is 22.8. The third-order valence-electron chi connectivity index (χ3n) is 9.33. The van der Waals surface area contributed by atoms with Gasteiger partial charge in [-0.15, -0.1) is 0 Å². The molecule has 3 atom stereocenters. The van der Waals surface area contributed by atoms with Crippen LogP contribution in [0.25, 0.3) is 0 Å². The van der Waals surface area contributed by atoms with E-state index in [0.29, 0.717) is 17.4 Å². The predicted octanol–water partition coefficient (Wildman–Crippen LogP) is 10.9. The van der Waals surface area contributed by atoms with Gasteiger partial charge in [0.1, 0.15) is 13.2 Å². The van der Waals surface area contributed by atoms with Crippen molar-refractivity contribution in [2.75, 3.05) is 40.9 Å². The number of nitrogens with one attached hydrogen (secondary N) is 1. The molecule has 0 aromatic heterocycles. The highest BCUT2D eigenvalue weighted by molar-refractivity contribution is 7.45. The minimum atomic E-state index is -4.59. The maximum Gasteiger partial charge on any atom is 0.268 e. The van der Waals surface area contributed by atoms with Gasteiger partial charge in [-0.3, -0.25) is 9.36 Å². The van der Waals surface area contributed by atoms with Gasteiger partial charge in [-0.2, -0.15) is 0 Å². The maximum absolute atomic E-state index is 12.8. The predicted molar refractivity (Wildman–Crippen MR) is 219 cm³/mol. The Kier molecular flexibility index (Phi) is 34.6. The standard InChI is InChI=1S/C43H83N2O6P/c1-6-8-10-12-14-16-18-19-20-21-22-23-24-25-27-28-30-32-34-36-42(46)41(40-51-52(48,49)50-39-38-45(3,4)5)44-43(47)37-35-33-31-29-26-17-15-13-11-9-7-2/h22-23,27-28,34,36,41-42,46H,6-21,24-26,29-33,35,37-40H2,1-5H3,(H-,44,47,48,49)/b23-22+,28-27+,36-34+. The summed E-state index contributed by atoms with van der Waals surface area (Å²) in [5.74, 6) is -0.214. The van der Waals surface area contributed by atoms with E-state index in [0.717, 1.165) is 44.9 Å². The molecule has 0 aliphatic carbocycles. The number of allylic oxidation sites excluding steroid dienone is 5. The molecule has 0 spiro atoms. The number of aliphatic hydroxyl groups is 1. The highest BCUT2D eigenvalue weighted by atomic mass is 31.2. The van der Waals surface area contributed by atoms with Gasteiger partial charge in [-0.05, 0) is 44.9 Å². The van der Waals surface area contributed by atoms with Crippen LogP contribution in [0.2, 0.25) is 0 Å². The number of hydrogen-bond acceptors (Lipinski definition) is 6. The lowest BCUT2D eigenvalue weighted by Gasteiger charge is -2.29. The molecular weight excluding hydrogens is 671 g/mol. The van der Waals surface area contributed by atoms with Crippen molar-refractivity contribution in [3.8, 4) is 0 Å². The summed E-state index contributed by atoms with van der Waals surface area (Å²) in [5, 5.41) is 13.7. The molecule has 8 nitrogen and oxygen atoms in total. The lowest BCUT2D eigenvalue weighted by Crippen LogP contribution is -2.45. The largest absolute Gasteiger partial charge is 0.756 e. The van der Waals surface area contributed by atoms with E-state index in [1.165, 1.54) is 116 Å². The monoisotopic (exact) mass is 755 g/mol. The molecule has 0 aromatic carbocycles. The Bertz CT molecular complexity index is 948. The quantitative estimate of drug-likeness (QED) is 0.0281. The van der Waals surface area contributed by atoms with Gasteiger partial charge in [-0.1, -0.05) is 166 Å². The highest BCUT2D eigenvalue weighted by Crippen LogP contribution is 2.38. The van der Waals surface area contributed by atoms with Crippen LogP contribution in [0.1, 0.15) is 181 Å². The molecule has 0 bridgehead atoms. The van der Waals surface area contributed by atoms with Crippen LogP contribution in [-0.2, 0) is 18.4 Å². The number of amides is 1. The summed E-state index contributed by atoms with van der Waals surface area (Å²) >= 11 is 0. The number of nitrogens with zero attached hydrogens (tertiary/aromatic N) is 1. The molecule has 0 aliphatic heterocycles. The fraction of sp³-hybridized carbons (Fsp3) is 0.837. The van der Waals surface area contributed by atoms with E-state index < -0.39 is 26.6 Å². The van der Waals surface area contributed by atoms with Gasteiger partial charge in [0, 0.05) is 6.42 Å². The second-order valence-electron chi connectivity index (χ2n) is 15.7. The molecule has 0 rings (SSSR count). The van der Waals surface area contributed by atoms with E-state index in [1.807, 2.05) is 27.2 Å². The molecule has 0 radical (unpaired) electrons. The van der Waals surface area contributed by atoms with E-state index >= 15 is 0 Å². The zero-order chi connectivity index (χ0) is 38.6. The molecule has 0 saturated carbocycles. The first-order valence-electron chi connectivity index (χ1n) is 21.4. The number of aliphatic hydroxyl groups excluding tert-OH is 1. The molecule has 52 heavy (non-hydrogen) atoms. The number of likely N-dealkylation sites (N-methyl/N-ethyl adjacent to an activating group) is 1. The molecule has 2 N–H and O–H groups in total. The number of hydrogen-bond donors (Lipinski definition) is 2. The van der Waals surface area contributed by atoms with E-state index in [9.17, 15) is 19.4 Å². The lowest BCUT2D eigenvalue weighted by molar-refractivity contribution is -0.870. The average Bonchev–Trinajstić information content (AvgIpc) is 3.09. The Morgan fingerprint density at radius 3 is 1.56 bits per heavy atom. The molecule has 0 aromatic rings. The first-order chi connectivity index (χ1) is 25.0. The number of phosphoric ester groups is 1. The lowest BCUT2D eigenvalue weighted by atomic mass is 10.0. The van der Waals surface area contributed by atoms with E-state index in [1.54, 1.807) is 6.08 Å². The first kappa shape index (κ1) is 50.7. The van der Waals surface area contributed by atoms with Crippen molar-refractivity contribution < 1.29 is 32.9 Å². The summed E-state index contributed by atoms with van der Waals surface area (Å²) in [7, 11) is 1.23. The SMILES string of the molecule is CCCCCCCCCCC/C=C/CC/C=C/CC/C=C/C(O)C(COP(=O)([O-])OCC[N+](C)(C)C)NC(=O)CCCCCCCCCCCCC. The van der Waals surface area contributed by atoms with Gasteiger partial charge in [0.2, 0.25) is 5.91 Å². The van der Waals surface area contributed by atoms with Crippen LogP contribution < -0.4 is 10.2 Å². The van der Waals surface area contributed by atoms with Crippen molar-refractivity contribution in [3.63, 3.8) is 0 Å².